The van der Waals surface area contributed by atoms with Crippen molar-refractivity contribution in [3.05, 3.63) is 11.5 Å². The maximum Gasteiger partial charge on any atom is 0.248 e. The van der Waals surface area contributed by atoms with E-state index in [1.807, 2.05) is 6.92 Å². The van der Waals surface area contributed by atoms with Gasteiger partial charge < -0.3 is 9.84 Å². The van der Waals surface area contributed by atoms with Gasteiger partial charge in [-0.3, -0.25) is 0 Å². The summed E-state index contributed by atoms with van der Waals surface area (Å²) in [6, 6.07) is 0.166. The van der Waals surface area contributed by atoms with Crippen LogP contribution >= 0.6 is 0 Å². The van der Waals surface area contributed by atoms with Crippen molar-refractivity contribution < 1.29 is 12.9 Å². The predicted octanol–water partition coefficient (Wildman–Crippen LogP) is 0.274. The highest BCUT2D eigenvalue weighted by atomic mass is 32.2. The van der Waals surface area contributed by atoms with Crippen LogP contribution in [0, 0.1) is 13.8 Å². The van der Waals surface area contributed by atoms with E-state index in [1.54, 1.807) is 13.8 Å². The lowest BCUT2D eigenvalue weighted by atomic mass is 10.3. The van der Waals surface area contributed by atoms with Crippen LogP contribution in [0.3, 0.4) is 0 Å². The van der Waals surface area contributed by atoms with Crippen molar-refractivity contribution in [2.75, 3.05) is 19.6 Å². The van der Waals surface area contributed by atoms with Gasteiger partial charge in [-0.15, -0.1) is 0 Å². The molecule has 0 aliphatic carbocycles. The van der Waals surface area contributed by atoms with Gasteiger partial charge in [0.05, 0.1) is 0 Å². The predicted molar refractivity (Wildman–Crippen MR) is 62.2 cm³/mol. The molecule has 6 nitrogen and oxygen atoms in total. The molecule has 17 heavy (non-hydrogen) atoms. The van der Waals surface area contributed by atoms with E-state index in [9.17, 15) is 8.42 Å². The Labute approximate surface area is 101 Å². The van der Waals surface area contributed by atoms with E-state index in [0.717, 1.165) is 0 Å². The molecule has 0 saturated carbocycles. The second-order valence-corrected chi connectivity index (χ2v) is 6.25. The van der Waals surface area contributed by atoms with Crippen LogP contribution in [0.4, 0.5) is 0 Å². The van der Waals surface area contributed by atoms with Crippen LogP contribution in [-0.4, -0.2) is 43.6 Å². The summed E-state index contributed by atoms with van der Waals surface area (Å²) in [7, 11) is -3.48. The molecule has 96 valence electrons. The van der Waals surface area contributed by atoms with Crippen LogP contribution in [0.1, 0.15) is 18.4 Å². The fourth-order valence-corrected chi connectivity index (χ4v) is 3.91. The number of aryl methyl sites for hydroxylation is 2. The summed E-state index contributed by atoms with van der Waals surface area (Å²) in [6.45, 7) is 6.87. The van der Waals surface area contributed by atoms with E-state index in [0.29, 0.717) is 31.1 Å². The fourth-order valence-electron chi connectivity index (χ4n) is 2.09. The van der Waals surface area contributed by atoms with Crippen molar-refractivity contribution in [2.45, 2.75) is 31.7 Å². The summed E-state index contributed by atoms with van der Waals surface area (Å²) in [5.41, 5.74) is 0.425. The average molecular weight is 259 g/mol. The molecule has 0 spiro atoms. The lowest BCUT2D eigenvalue weighted by Crippen LogP contribution is -2.51. The summed E-state index contributed by atoms with van der Waals surface area (Å²) >= 11 is 0. The zero-order valence-electron chi connectivity index (χ0n) is 10.2. The summed E-state index contributed by atoms with van der Waals surface area (Å²) in [4.78, 5) is 0.214. The maximum atomic E-state index is 12.4. The quantitative estimate of drug-likeness (QED) is 0.825. The molecule has 0 radical (unpaired) electrons. The molecular weight excluding hydrogens is 242 g/mol. The average Bonchev–Trinajstić information content (AvgIpc) is 2.59. The molecule has 0 bridgehead atoms. The van der Waals surface area contributed by atoms with Crippen LogP contribution < -0.4 is 5.32 Å². The molecule has 0 aromatic carbocycles. The van der Waals surface area contributed by atoms with Gasteiger partial charge in [0, 0.05) is 25.7 Å². The lowest BCUT2D eigenvalue weighted by molar-refractivity contribution is 0.309. The molecule has 1 unspecified atom stereocenters. The van der Waals surface area contributed by atoms with E-state index in [2.05, 4.69) is 10.5 Å². The minimum atomic E-state index is -3.48. The molecule has 1 fully saturated rings. The number of sulfonamides is 1. The van der Waals surface area contributed by atoms with E-state index >= 15 is 0 Å². The highest BCUT2D eigenvalue weighted by Gasteiger charge is 2.33. The van der Waals surface area contributed by atoms with Gasteiger partial charge in [0.25, 0.3) is 0 Å². The standard InChI is InChI=1S/C10H17N3O3S/c1-7-6-13(5-4-11-7)17(14,15)10-8(2)12-16-9(10)3/h7,11H,4-6H2,1-3H3. The topological polar surface area (TPSA) is 75.4 Å². The number of nitrogens with zero attached hydrogens (tertiary/aromatic N) is 2. The third kappa shape index (κ3) is 2.22. The minimum Gasteiger partial charge on any atom is -0.360 e. The van der Waals surface area contributed by atoms with Crippen LogP contribution in [0.25, 0.3) is 0 Å². The number of aromatic nitrogens is 1. The molecule has 0 amide bonds. The van der Waals surface area contributed by atoms with Gasteiger partial charge in [-0.2, -0.15) is 4.31 Å². The van der Waals surface area contributed by atoms with E-state index in [-0.39, 0.29) is 10.9 Å². The minimum absolute atomic E-state index is 0.166. The van der Waals surface area contributed by atoms with Crippen molar-refractivity contribution >= 4 is 10.0 Å². The van der Waals surface area contributed by atoms with Crippen molar-refractivity contribution in [1.29, 1.82) is 0 Å². The van der Waals surface area contributed by atoms with Gasteiger partial charge in [0.2, 0.25) is 10.0 Å². The second-order valence-electron chi connectivity index (χ2n) is 4.37. The summed E-state index contributed by atoms with van der Waals surface area (Å²) in [6.07, 6.45) is 0. The Hall–Kier alpha value is -0.920. The van der Waals surface area contributed by atoms with Crippen molar-refractivity contribution in [2.24, 2.45) is 0 Å². The first-order valence-corrected chi connectivity index (χ1v) is 7.03. The normalized spacial score (nSPS) is 22.9. The number of hydrogen-bond donors (Lipinski definition) is 1. The van der Waals surface area contributed by atoms with Crippen molar-refractivity contribution in [1.82, 2.24) is 14.8 Å². The third-order valence-electron chi connectivity index (χ3n) is 2.90. The first-order chi connectivity index (χ1) is 7.93. The highest BCUT2D eigenvalue weighted by molar-refractivity contribution is 7.89. The summed E-state index contributed by atoms with van der Waals surface area (Å²) in [5, 5.41) is 6.91. The fraction of sp³-hybridized carbons (Fsp3) is 0.700. The molecule has 7 heteroatoms. The van der Waals surface area contributed by atoms with Crippen molar-refractivity contribution in [3.63, 3.8) is 0 Å². The molecular formula is C10H17N3O3S. The Balaban J connectivity index is 2.36. The van der Waals surface area contributed by atoms with Crippen LogP contribution in [0.15, 0.2) is 9.42 Å². The molecule has 2 heterocycles. The molecule has 1 aromatic rings. The molecule has 1 aliphatic rings. The molecule has 1 aliphatic heterocycles. The van der Waals surface area contributed by atoms with Gasteiger partial charge in [-0.25, -0.2) is 8.42 Å². The molecule has 1 saturated heterocycles. The van der Waals surface area contributed by atoms with Gasteiger partial charge in [-0.05, 0) is 20.8 Å². The largest absolute Gasteiger partial charge is 0.360 e. The van der Waals surface area contributed by atoms with Gasteiger partial charge in [0.1, 0.15) is 10.6 Å². The van der Waals surface area contributed by atoms with Gasteiger partial charge >= 0.3 is 0 Å². The first kappa shape index (κ1) is 12.5. The SMILES string of the molecule is Cc1noc(C)c1S(=O)(=O)N1CCNC(C)C1. The second kappa shape index (κ2) is 4.40. The third-order valence-corrected chi connectivity index (χ3v) is 5.01. The van der Waals surface area contributed by atoms with Crippen LogP contribution in [-0.2, 0) is 10.0 Å². The first-order valence-electron chi connectivity index (χ1n) is 5.59. The molecule has 1 atom stereocenters. The van der Waals surface area contributed by atoms with Gasteiger partial charge in [-0.1, -0.05) is 5.16 Å². The number of nitrogens with one attached hydrogen (secondary N) is 1. The maximum absolute atomic E-state index is 12.4. The number of hydrogen-bond acceptors (Lipinski definition) is 5. The number of rotatable bonds is 2. The lowest BCUT2D eigenvalue weighted by Gasteiger charge is -2.30. The zero-order valence-corrected chi connectivity index (χ0v) is 11.0. The summed E-state index contributed by atoms with van der Waals surface area (Å²) in [5.74, 6) is 0.355. The van der Waals surface area contributed by atoms with E-state index in [4.69, 9.17) is 4.52 Å². The summed E-state index contributed by atoms with van der Waals surface area (Å²) < 4.78 is 31.3. The van der Waals surface area contributed by atoms with E-state index < -0.39 is 10.0 Å². The Bertz CT molecular complexity index is 489. The Morgan fingerprint density at radius 2 is 2.18 bits per heavy atom. The number of piperazine rings is 1. The van der Waals surface area contributed by atoms with Crippen LogP contribution in [0.5, 0.6) is 0 Å². The molecule has 1 aromatic heterocycles. The molecule has 2 rings (SSSR count). The Morgan fingerprint density at radius 1 is 1.47 bits per heavy atom. The smallest absolute Gasteiger partial charge is 0.248 e. The highest BCUT2D eigenvalue weighted by Crippen LogP contribution is 2.23. The molecule has 1 N–H and O–H groups in total. The van der Waals surface area contributed by atoms with Crippen LogP contribution in [0.2, 0.25) is 0 Å². The van der Waals surface area contributed by atoms with Crippen molar-refractivity contribution in [3.8, 4) is 0 Å². The van der Waals surface area contributed by atoms with Gasteiger partial charge in [0.15, 0.2) is 5.76 Å². The Morgan fingerprint density at radius 3 is 2.71 bits per heavy atom. The van der Waals surface area contributed by atoms with E-state index in [1.165, 1.54) is 4.31 Å². The zero-order chi connectivity index (χ0) is 12.6. The monoisotopic (exact) mass is 259 g/mol. The Kier molecular flexibility index (Phi) is 3.24.